The van der Waals surface area contributed by atoms with Gasteiger partial charge in [-0.25, -0.2) is 15.0 Å². The zero-order chi connectivity index (χ0) is 59.4. The highest BCUT2D eigenvalue weighted by Crippen LogP contribution is 2.45. The van der Waals surface area contributed by atoms with E-state index in [1.807, 2.05) is 60.7 Å². The minimum atomic E-state index is 0.522. The fourth-order valence-corrected chi connectivity index (χ4v) is 14.1. The number of benzene rings is 13. The Kier molecular flexibility index (Phi) is 11.5. The number of rotatable bonds is 9. The number of aromatic nitrogens is 7. The van der Waals surface area contributed by atoms with Crippen LogP contribution >= 0.6 is 0 Å². The van der Waals surface area contributed by atoms with E-state index in [2.05, 4.69) is 267 Å². The van der Waals surface area contributed by atoms with E-state index in [4.69, 9.17) is 15.0 Å². The molecule has 0 aliphatic carbocycles. The van der Waals surface area contributed by atoms with Crippen molar-refractivity contribution < 1.29 is 0 Å². The summed E-state index contributed by atoms with van der Waals surface area (Å²) in [5, 5.41) is 20.1. The van der Waals surface area contributed by atoms with Gasteiger partial charge >= 0.3 is 0 Å². The van der Waals surface area contributed by atoms with E-state index < -0.39 is 0 Å². The molecule has 0 spiro atoms. The second-order valence-corrected chi connectivity index (χ2v) is 23.0. The predicted molar refractivity (Wildman–Crippen MR) is 369 cm³/mol. The molecule has 0 radical (unpaired) electrons. The van der Waals surface area contributed by atoms with Crippen LogP contribution in [0.3, 0.4) is 0 Å². The molecule has 0 N–H and O–H groups in total. The Balaban J connectivity index is 0.928. The largest absolute Gasteiger partial charge is 0.309 e. The molecule has 0 saturated carbocycles. The summed E-state index contributed by atoms with van der Waals surface area (Å²) in [4.78, 5) is 16.1. The van der Waals surface area contributed by atoms with E-state index in [0.717, 1.165) is 127 Å². The highest BCUT2D eigenvalue weighted by molar-refractivity contribution is 6.15. The smallest absolute Gasteiger partial charge is 0.164 e. The Morgan fingerprint density at radius 3 is 1.08 bits per heavy atom. The molecular weight excluding hydrogens is 1100 g/mol. The van der Waals surface area contributed by atoms with Gasteiger partial charge in [0.05, 0.1) is 61.5 Å². The molecule has 5 aromatic heterocycles. The minimum Gasteiger partial charge on any atom is -0.309 e. The van der Waals surface area contributed by atoms with Crippen LogP contribution in [0.4, 0.5) is 0 Å². The quantitative estimate of drug-likeness (QED) is 0.144. The monoisotopic (exact) mass is 1150 g/mol. The fraction of sp³-hybridized carbons (Fsp3) is 0. The number of hydrogen-bond acceptors (Lipinski definition) is 4. The molecular formula is C82H50N8. The van der Waals surface area contributed by atoms with Crippen LogP contribution in [0.1, 0.15) is 5.56 Å². The second-order valence-electron chi connectivity index (χ2n) is 23.0. The van der Waals surface area contributed by atoms with E-state index in [-0.39, 0.29) is 0 Å². The molecule has 8 heteroatoms. The lowest BCUT2D eigenvalue weighted by Gasteiger charge is -2.20. The van der Waals surface area contributed by atoms with E-state index >= 15 is 0 Å². The molecule has 18 rings (SSSR count). The van der Waals surface area contributed by atoms with Crippen molar-refractivity contribution >= 4 is 87.2 Å². The Morgan fingerprint density at radius 2 is 0.600 bits per heavy atom. The van der Waals surface area contributed by atoms with Gasteiger partial charge in [0.1, 0.15) is 0 Å². The maximum atomic E-state index is 10.7. The van der Waals surface area contributed by atoms with Crippen molar-refractivity contribution in [3.8, 4) is 85.2 Å². The molecule has 0 aliphatic rings. The van der Waals surface area contributed by atoms with Gasteiger partial charge < -0.3 is 18.3 Å². The summed E-state index contributed by atoms with van der Waals surface area (Å²) in [5.41, 5.74) is 19.6. The van der Waals surface area contributed by atoms with Gasteiger partial charge in [-0.15, -0.1) is 0 Å². The Hall–Kier alpha value is -12.4. The summed E-state index contributed by atoms with van der Waals surface area (Å²) in [6.45, 7) is 0. The van der Waals surface area contributed by atoms with Gasteiger partial charge in [0.2, 0.25) is 0 Å². The number of para-hydroxylation sites is 6. The van der Waals surface area contributed by atoms with Crippen molar-refractivity contribution in [1.29, 1.82) is 5.26 Å². The lowest BCUT2D eigenvalue weighted by Crippen LogP contribution is -2.04. The number of nitrogens with zero attached hydrogens (tertiary/aromatic N) is 8. The number of hydrogen-bond donors (Lipinski definition) is 0. The van der Waals surface area contributed by atoms with Crippen LogP contribution in [0.25, 0.3) is 166 Å². The van der Waals surface area contributed by atoms with Crippen molar-refractivity contribution in [1.82, 2.24) is 33.2 Å². The highest BCUT2D eigenvalue weighted by atomic mass is 15.0. The summed E-state index contributed by atoms with van der Waals surface area (Å²) >= 11 is 0. The first-order chi connectivity index (χ1) is 44.6. The van der Waals surface area contributed by atoms with Crippen LogP contribution in [0.5, 0.6) is 0 Å². The molecule has 0 unspecified atom stereocenters. The molecule has 5 heterocycles. The van der Waals surface area contributed by atoms with Crippen LogP contribution < -0.4 is 0 Å². The summed E-state index contributed by atoms with van der Waals surface area (Å²) in [6.07, 6.45) is 0. The van der Waals surface area contributed by atoms with Crippen molar-refractivity contribution in [2.24, 2.45) is 0 Å². The summed E-state index contributed by atoms with van der Waals surface area (Å²) in [6, 6.07) is 110. The van der Waals surface area contributed by atoms with Gasteiger partial charge in [-0.2, -0.15) is 5.26 Å². The lowest BCUT2D eigenvalue weighted by molar-refractivity contribution is 1.07. The van der Waals surface area contributed by atoms with E-state index in [0.29, 0.717) is 23.0 Å². The zero-order valence-electron chi connectivity index (χ0n) is 48.4. The van der Waals surface area contributed by atoms with Crippen LogP contribution in [0, 0.1) is 11.3 Å². The van der Waals surface area contributed by atoms with E-state index in [1.54, 1.807) is 0 Å². The van der Waals surface area contributed by atoms with Crippen molar-refractivity contribution in [2.45, 2.75) is 0 Å². The first-order valence-electron chi connectivity index (χ1n) is 30.3. The molecule has 0 fully saturated rings. The minimum absolute atomic E-state index is 0.522. The summed E-state index contributed by atoms with van der Waals surface area (Å²) in [7, 11) is 0. The van der Waals surface area contributed by atoms with Gasteiger partial charge in [0.15, 0.2) is 17.5 Å². The van der Waals surface area contributed by atoms with Crippen LogP contribution in [-0.4, -0.2) is 33.2 Å². The Bertz CT molecular complexity index is 5830. The molecule has 0 aliphatic heterocycles. The third-order valence-electron chi connectivity index (χ3n) is 18.1. The average molecular weight is 1150 g/mol. The normalized spacial score (nSPS) is 11.8. The highest BCUT2D eigenvalue weighted by Gasteiger charge is 2.25. The molecule has 8 nitrogen and oxygen atoms in total. The van der Waals surface area contributed by atoms with E-state index in [1.165, 1.54) is 21.5 Å². The molecule has 18 aromatic rings. The van der Waals surface area contributed by atoms with Gasteiger partial charge in [-0.05, 0) is 126 Å². The average Bonchev–Trinajstić information content (AvgIpc) is 1.60. The maximum Gasteiger partial charge on any atom is 0.164 e. The van der Waals surface area contributed by atoms with Crippen LogP contribution in [0.15, 0.2) is 303 Å². The number of nitriles is 1. The molecule has 13 aromatic carbocycles. The molecule has 0 atom stereocenters. The molecule has 0 bridgehead atoms. The molecule has 0 saturated heterocycles. The second kappa shape index (κ2) is 20.3. The van der Waals surface area contributed by atoms with E-state index in [9.17, 15) is 5.26 Å². The Labute approximate surface area is 516 Å². The lowest BCUT2D eigenvalue weighted by atomic mass is 9.92. The van der Waals surface area contributed by atoms with Crippen LogP contribution in [0.2, 0.25) is 0 Å². The number of fused-ring (bicyclic) bond motifs is 12. The third-order valence-corrected chi connectivity index (χ3v) is 18.1. The first kappa shape index (κ1) is 50.8. The van der Waals surface area contributed by atoms with Crippen molar-refractivity contribution in [2.75, 3.05) is 0 Å². The van der Waals surface area contributed by atoms with Gasteiger partial charge in [0, 0.05) is 82.4 Å². The topological polar surface area (TPSA) is 82.2 Å². The molecule has 0 amide bonds. The Morgan fingerprint density at radius 1 is 0.233 bits per heavy atom. The van der Waals surface area contributed by atoms with Gasteiger partial charge in [-0.3, -0.25) is 0 Å². The standard InChI is InChI=1S/C82H50N8/c83-51-55-25-7-8-26-59(55)54-39-44-78(90-76-38-20-14-32-65(76)70-50-58(42-46-79(70)90)88-73-35-17-11-29-62(73)63-30-12-18-36-74(63)88)68(47-54)67-48-56(40-43-66(67)82-85-80(52-21-3-1-4-22-52)84-81(86-82)53-23-5-2-6-24-53)89-75-37-19-13-31-64(75)69-49-57(41-45-77(69)89)87-71-33-15-9-27-60(71)61-28-10-16-34-72(61)87/h1-50H. The van der Waals surface area contributed by atoms with Crippen molar-refractivity contribution in [3.05, 3.63) is 309 Å². The SMILES string of the molecule is N#Cc1ccccc1-c1ccc(-n2c3ccccc3c3cc(-n4c5ccccc5c5ccccc54)ccc32)c(-c2cc(-n3c4ccccc4c4cc(-n5c6ccccc6c6ccccc65)ccc43)ccc2-c2nc(-c3ccccc3)nc(-c3ccccc3)n2)c1. The summed E-state index contributed by atoms with van der Waals surface area (Å²) in [5.74, 6) is 1.65. The maximum absolute atomic E-state index is 10.7. The van der Waals surface area contributed by atoms with Crippen molar-refractivity contribution in [3.63, 3.8) is 0 Å². The fourth-order valence-electron chi connectivity index (χ4n) is 14.1. The first-order valence-corrected chi connectivity index (χ1v) is 30.3. The summed E-state index contributed by atoms with van der Waals surface area (Å²) < 4.78 is 9.60. The predicted octanol–water partition coefficient (Wildman–Crippen LogP) is 20.5. The third kappa shape index (κ3) is 7.90. The van der Waals surface area contributed by atoms with Gasteiger partial charge in [-0.1, -0.05) is 194 Å². The van der Waals surface area contributed by atoms with Crippen LogP contribution in [-0.2, 0) is 0 Å². The molecule has 90 heavy (non-hydrogen) atoms. The molecule has 418 valence electrons. The zero-order valence-corrected chi connectivity index (χ0v) is 48.4. The van der Waals surface area contributed by atoms with Gasteiger partial charge in [0.25, 0.3) is 0 Å².